The van der Waals surface area contributed by atoms with Crippen molar-refractivity contribution in [2.24, 2.45) is 0 Å². The van der Waals surface area contributed by atoms with Gasteiger partial charge in [0, 0.05) is 23.1 Å². The molecule has 0 amide bonds. The molecule has 0 spiro atoms. The number of para-hydroxylation sites is 1. The minimum atomic E-state index is 0.173. The summed E-state index contributed by atoms with van der Waals surface area (Å²) in [6.07, 6.45) is 7.02. The van der Waals surface area contributed by atoms with Crippen LogP contribution in [0.15, 0.2) is 53.5 Å². The molecule has 2 aromatic heterocycles. The molecule has 0 atom stereocenters. The van der Waals surface area contributed by atoms with E-state index >= 15 is 0 Å². The minimum Gasteiger partial charge on any atom is -0.298 e. The van der Waals surface area contributed by atoms with Gasteiger partial charge in [0.25, 0.3) is 0 Å². The number of pyridine rings is 2. The third kappa shape index (κ3) is 2.05. The molecule has 4 rings (SSSR count). The van der Waals surface area contributed by atoms with Crippen molar-refractivity contribution in [3.8, 4) is 5.69 Å². The molecule has 22 heavy (non-hydrogen) atoms. The monoisotopic (exact) mass is 290 g/mol. The summed E-state index contributed by atoms with van der Waals surface area (Å²) in [4.78, 5) is 17.4. The van der Waals surface area contributed by atoms with E-state index in [0.29, 0.717) is 0 Å². The summed E-state index contributed by atoms with van der Waals surface area (Å²) < 4.78 is 2.19. The molecule has 0 radical (unpaired) electrons. The second kappa shape index (κ2) is 5.41. The number of rotatable bonds is 1. The molecule has 0 bridgehead atoms. The van der Waals surface area contributed by atoms with Crippen LogP contribution in [0, 0.1) is 0 Å². The fraction of sp³-hybridized carbons (Fsp3) is 0.263. The average molecular weight is 290 g/mol. The van der Waals surface area contributed by atoms with Crippen LogP contribution in [0.25, 0.3) is 16.7 Å². The van der Waals surface area contributed by atoms with Crippen molar-refractivity contribution in [3.05, 3.63) is 70.1 Å². The van der Waals surface area contributed by atoms with Crippen LogP contribution in [0.3, 0.4) is 0 Å². The Morgan fingerprint density at radius 2 is 1.73 bits per heavy atom. The van der Waals surface area contributed by atoms with E-state index in [1.807, 2.05) is 30.3 Å². The van der Waals surface area contributed by atoms with Crippen molar-refractivity contribution < 1.29 is 0 Å². The van der Waals surface area contributed by atoms with Gasteiger partial charge < -0.3 is 0 Å². The highest BCUT2D eigenvalue weighted by molar-refractivity contribution is 5.78. The van der Waals surface area contributed by atoms with Crippen molar-refractivity contribution in [2.45, 2.75) is 32.1 Å². The van der Waals surface area contributed by atoms with Crippen molar-refractivity contribution in [2.75, 3.05) is 0 Å². The van der Waals surface area contributed by atoms with E-state index in [0.717, 1.165) is 53.7 Å². The third-order valence-corrected chi connectivity index (χ3v) is 4.49. The maximum Gasteiger partial charge on any atom is 0.194 e. The molecule has 1 aliphatic rings. The first-order valence-electron chi connectivity index (χ1n) is 7.93. The van der Waals surface area contributed by atoms with Crippen LogP contribution in [0.4, 0.5) is 0 Å². The van der Waals surface area contributed by atoms with E-state index in [2.05, 4.69) is 21.7 Å². The normalized spacial score (nSPS) is 14.5. The lowest BCUT2D eigenvalue weighted by molar-refractivity contribution is 0.705. The summed E-state index contributed by atoms with van der Waals surface area (Å²) in [6.45, 7) is 0. The predicted octanol–water partition coefficient (Wildman–Crippen LogP) is 3.65. The molecule has 2 heterocycles. The van der Waals surface area contributed by atoms with Gasteiger partial charge in [-0.3, -0.25) is 9.36 Å². The highest BCUT2D eigenvalue weighted by Gasteiger charge is 2.19. The Hall–Kier alpha value is -2.42. The first-order chi connectivity index (χ1) is 10.9. The fourth-order valence-electron chi connectivity index (χ4n) is 3.46. The Bertz CT molecular complexity index is 881. The first-order valence-corrected chi connectivity index (χ1v) is 7.93. The van der Waals surface area contributed by atoms with Gasteiger partial charge in [0.1, 0.15) is 5.65 Å². The summed E-state index contributed by atoms with van der Waals surface area (Å²) in [5, 5.41) is 0.729. The van der Waals surface area contributed by atoms with Crippen LogP contribution in [0.5, 0.6) is 0 Å². The molecule has 110 valence electrons. The van der Waals surface area contributed by atoms with Crippen LogP contribution in [0.1, 0.15) is 30.5 Å². The van der Waals surface area contributed by atoms with E-state index < -0.39 is 0 Å². The second-order valence-corrected chi connectivity index (χ2v) is 5.86. The van der Waals surface area contributed by atoms with Gasteiger partial charge in [-0.05, 0) is 49.9 Å². The van der Waals surface area contributed by atoms with Gasteiger partial charge in [-0.2, -0.15) is 0 Å². The maximum absolute atomic E-state index is 12.9. The van der Waals surface area contributed by atoms with Crippen LogP contribution < -0.4 is 5.43 Å². The topological polar surface area (TPSA) is 34.9 Å². The summed E-state index contributed by atoms with van der Waals surface area (Å²) in [5.41, 5.74) is 4.18. The Labute approximate surface area is 129 Å². The largest absolute Gasteiger partial charge is 0.298 e. The van der Waals surface area contributed by atoms with E-state index in [1.165, 1.54) is 6.42 Å². The molecule has 3 heteroatoms. The van der Waals surface area contributed by atoms with Crippen LogP contribution >= 0.6 is 0 Å². The number of hydrogen-bond donors (Lipinski definition) is 0. The number of nitrogens with zero attached hydrogens (tertiary/aromatic N) is 2. The molecule has 0 saturated carbocycles. The Morgan fingerprint density at radius 1 is 0.909 bits per heavy atom. The SMILES string of the molecule is O=c1c2c(n(-c3ccccc3)c3ncccc13)CCCCC2. The van der Waals surface area contributed by atoms with Crippen molar-refractivity contribution in [3.63, 3.8) is 0 Å². The molecular weight excluding hydrogens is 272 g/mol. The summed E-state index contributed by atoms with van der Waals surface area (Å²) in [5.74, 6) is 0. The molecule has 3 nitrogen and oxygen atoms in total. The molecular formula is C19H18N2O. The number of benzene rings is 1. The predicted molar refractivity (Wildman–Crippen MR) is 88.6 cm³/mol. The molecule has 0 fully saturated rings. The van der Waals surface area contributed by atoms with Crippen molar-refractivity contribution in [1.29, 1.82) is 0 Å². The van der Waals surface area contributed by atoms with E-state index in [9.17, 15) is 4.79 Å². The molecule has 0 saturated heterocycles. The zero-order valence-corrected chi connectivity index (χ0v) is 12.5. The van der Waals surface area contributed by atoms with E-state index in [4.69, 9.17) is 0 Å². The summed E-state index contributed by atoms with van der Waals surface area (Å²) >= 11 is 0. The summed E-state index contributed by atoms with van der Waals surface area (Å²) in [7, 11) is 0. The fourth-order valence-corrected chi connectivity index (χ4v) is 3.46. The second-order valence-electron chi connectivity index (χ2n) is 5.86. The lowest BCUT2D eigenvalue weighted by atomic mass is 10.0. The van der Waals surface area contributed by atoms with Gasteiger partial charge in [-0.25, -0.2) is 4.98 Å². The van der Waals surface area contributed by atoms with Gasteiger partial charge >= 0.3 is 0 Å². The van der Waals surface area contributed by atoms with Gasteiger partial charge in [-0.15, -0.1) is 0 Å². The highest BCUT2D eigenvalue weighted by Crippen LogP contribution is 2.25. The maximum atomic E-state index is 12.9. The molecule has 1 aromatic carbocycles. The van der Waals surface area contributed by atoms with Gasteiger partial charge in [-0.1, -0.05) is 24.6 Å². The molecule has 0 aliphatic heterocycles. The zero-order valence-electron chi connectivity index (χ0n) is 12.5. The standard InChI is InChI=1S/C19H18N2O/c22-18-15-10-5-2-6-12-17(15)21(14-8-3-1-4-9-14)19-16(18)11-7-13-20-19/h1,3-4,7-9,11,13H,2,5-6,10,12H2. The summed E-state index contributed by atoms with van der Waals surface area (Å²) in [6, 6.07) is 14.0. The average Bonchev–Trinajstić information content (AvgIpc) is 2.82. The number of hydrogen-bond acceptors (Lipinski definition) is 2. The number of fused-ring (bicyclic) bond motifs is 2. The lowest BCUT2D eigenvalue weighted by Gasteiger charge is -2.18. The van der Waals surface area contributed by atoms with Gasteiger partial charge in [0.2, 0.25) is 0 Å². The van der Waals surface area contributed by atoms with Crippen LogP contribution in [0.2, 0.25) is 0 Å². The van der Waals surface area contributed by atoms with E-state index in [-0.39, 0.29) is 5.43 Å². The Morgan fingerprint density at radius 3 is 2.59 bits per heavy atom. The first kappa shape index (κ1) is 13.3. The molecule has 0 N–H and O–H groups in total. The molecule has 3 aromatic rings. The van der Waals surface area contributed by atoms with Gasteiger partial charge in [0.05, 0.1) is 5.39 Å². The molecule has 1 aliphatic carbocycles. The molecule has 0 unspecified atom stereocenters. The Balaban J connectivity index is 2.15. The number of aromatic nitrogens is 2. The Kier molecular flexibility index (Phi) is 3.26. The third-order valence-electron chi connectivity index (χ3n) is 4.49. The van der Waals surface area contributed by atoms with Crippen LogP contribution in [-0.2, 0) is 12.8 Å². The lowest BCUT2D eigenvalue weighted by Crippen LogP contribution is -2.20. The van der Waals surface area contributed by atoms with Crippen molar-refractivity contribution in [1.82, 2.24) is 9.55 Å². The highest BCUT2D eigenvalue weighted by atomic mass is 16.1. The van der Waals surface area contributed by atoms with Gasteiger partial charge in [0.15, 0.2) is 5.43 Å². The smallest absolute Gasteiger partial charge is 0.194 e. The van der Waals surface area contributed by atoms with Crippen LogP contribution in [-0.4, -0.2) is 9.55 Å². The van der Waals surface area contributed by atoms with E-state index in [1.54, 1.807) is 6.20 Å². The zero-order chi connectivity index (χ0) is 14.9. The van der Waals surface area contributed by atoms with Crippen molar-refractivity contribution >= 4 is 11.0 Å². The minimum absolute atomic E-state index is 0.173. The quantitative estimate of drug-likeness (QED) is 0.641.